The van der Waals surface area contributed by atoms with Gasteiger partial charge < -0.3 is 10.1 Å². The third-order valence-electron chi connectivity index (χ3n) is 2.78. The van der Waals surface area contributed by atoms with Gasteiger partial charge in [0.05, 0.1) is 12.3 Å². The zero-order chi connectivity index (χ0) is 15.9. The van der Waals surface area contributed by atoms with Gasteiger partial charge in [-0.05, 0) is 37.9 Å². The lowest BCUT2D eigenvalue weighted by Gasteiger charge is -2.13. The van der Waals surface area contributed by atoms with Crippen molar-refractivity contribution in [3.05, 3.63) is 23.5 Å². The fraction of sp³-hybridized carbons (Fsp3) is 0.667. The summed E-state index contributed by atoms with van der Waals surface area (Å²) in [4.78, 5) is 4.39. The molecule has 6 heteroatoms. The van der Waals surface area contributed by atoms with Crippen molar-refractivity contribution in [3.63, 3.8) is 0 Å². The van der Waals surface area contributed by atoms with Gasteiger partial charge in [0.2, 0.25) is 0 Å². The number of hydrogen-bond donors (Lipinski definition) is 1. The molecular weight excluding hydrogens is 281 g/mol. The molecule has 0 spiro atoms. The Morgan fingerprint density at radius 3 is 2.62 bits per heavy atom. The minimum Gasteiger partial charge on any atom is -0.492 e. The molecule has 1 N–H and O–H groups in total. The van der Waals surface area contributed by atoms with Gasteiger partial charge in [-0.15, -0.1) is 0 Å². The van der Waals surface area contributed by atoms with Crippen molar-refractivity contribution < 1.29 is 17.9 Å². The summed E-state index contributed by atoms with van der Waals surface area (Å²) in [6, 6.07) is 3.56. The molecule has 0 saturated carbocycles. The highest BCUT2D eigenvalue weighted by Crippen LogP contribution is 2.22. The fourth-order valence-corrected chi connectivity index (χ4v) is 1.79. The zero-order valence-electron chi connectivity index (χ0n) is 12.8. The van der Waals surface area contributed by atoms with Crippen LogP contribution in [0.4, 0.5) is 13.2 Å². The first-order chi connectivity index (χ1) is 9.78. The van der Waals surface area contributed by atoms with Gasteiger partial charge in [-0.25, -0.2) is 0 Å². The Balaban J connectivity index is 2.52. The predicted molar refractivity (Wildman–Crippen MR) is 76.3 cm³/mol. The maximum atomic E-state index is 12.1. The van der Waals surface area contributed by atoms with Gasteiger partial charge in [-0.1, -0.05) is 13.8 Å². The van der Waals surface area contributed by atoms with Gasteiger partial charge in [-0.3, -0.25) is 4.98 Å². The average Bonchev–Trinajstić information content (AvgIpc) is 2.35. The largest absolute Gasteiger partial charge is 0.492 e. The summed E-state index contributed by atoms with van der Waals surface area (Å²) < 4.78 is 41.7. The lowest BCUT2D eigenvalue weighted by molar-refractivity contribution is -0.136. The Bertz CT molecular complexity index is 433. The van der Waals surface area contributed by atoms with Crippen LogP contribution < -0.4 is 10.1 Å². The van der Waals surface area contributed by atoms with Crippen molar-refractivity contribution in [1.29, 1.82) is 0 Å². The Labute approximate surface area is 123 Å². The summed E-state index contributed by atoms with van der Waals surface area (Å²) in [6.45, 7) is 7.52. The number of ether oxygens (including phenoxy) is 1. The number of aromatic nitrogens is 1. The SMILES string of the molecule is Cc1ccc(OCCCC(F)(F)F)c(CNCC(C)C)n1. The molecule has 0 amide bonds. The maximum Gasteiger partial charge on any atom is 0.389 e. The van der Waals surface area contributed by atoms with Gasteiger partial charge >= 0.3 is 6.18 Å². The van der Waals surface area contributed by atoms with Crippen LogP contribution >= 0.6 is 0 Å². The number of nitrogens with zero attached hydrogens (tertiary/aromatic N) is 1. The molecule has 0 bridgehead atoms. The van der Waals surface area contributed by atoms with Crippen LogP contribution in [0.3, 0.4) is 0 Å². The number of rotatable bonds is 8. The standard InChI is InChI=1S/C15H23F3N2O/c1-11(2)9-19-10-13-14(6-5-12(3)20-13)21-8-4-7-15(16,17)18/h5-6,11,19H,4,7-10H2,1-3H3. The molecule has 0 saturated heterocycles. The third-order valence-corrected chi connectivity index (χ3v) is 2.78. The highest BCUT2D eigenvalue weighted by Gasteiger charge is 2.26. The predicted octanol–water partition coefficient (Wildman–Crippen LogP) is 3.86. The number of pyridine rings is 1. The second-order valence-electron chi connectivity index (χ2n) is 5.49. The van der Waals surface area contributed by atoms with Crippen LogP contribution in [0.25, 0.3) is 0 Å². The molecule has 0 aliphatic heterocycles. The van der Waals surface area contributed by atoms with E-state index in [0.29, 0.717) is 18.2 Å². The molecule has 0 atom stereocenters. The number of halogens is 3. The quantitative estimate of drug-likeness (QED) is 0.741. The first-order valence-corrected chi connectivity index (χ1v) is 7.14. The van der Waals surface area contributed by atoms with Crippen molar-refractivity contribution in [2.75, 3.05) is 13.2 Å². The fourth-order valence-electron chi connectivity index (χ4n) is 1.79. The van der Waals surface area contributed by atoms with Gasteiger partial charge in [0.15, 0.2) is 0 Å². The summed E-state index contributed by atoms with van der Waals surface area (Å²) in [5.41, 5.74) is 1.60. The second-order valence-corrected chi connectivity index (χ2v) is 5.49. The van der Waals surface area contributed by atoms with Gasteiger partial charge in [0.25, 0.3) is 0 Å². The van der Waals surface area contributed by atoms with Gasteiger partial charge in [0.1, 0.15) is 5.75 Å². The van der Waals surface area contributed by atoms with Crippen LogP contribution in [0.15, 0.2) is 12.1 Å². The Kier molecular flexibility index (Phi) is 6.95. The molecule has 0 aliphatic rings. The van der Waals surface area contributed by atoms with Crippen LogP contribution in [0, 0.1) is 12.8 Å². The molecule has 0 fully saturated rings. The lowest BCUT2D eigenvalue weighted by atomic mass is 10.2. The number of aryl methyl sites for hydroxylation is 1. The molecule has 0 aliphatic carbocycles. The molecule has 1 aromatic rings. The van der Waals surface area contributed by atoms with Crippen molar-refractivity contribution in [2.24, 2.45) is 5.92 Å². The number of hydrogen-bond acceptors (Lipinski definition) is 3. The monoisotopic (exact) mass is 304 g/mol. The minimum absolute atomic E-state index is 0.0431. The first-order valence-electron chi connectivity index (χ1n) is 7.14. The maximum absolute atomic E-state index is 12.1. The molecule has 21 heavy (non-hydrogen) atoms. The van der Waals surface area contributed by atoms with Crippen LogP contribution in [-0.4, -0.2) is 24.3 Å². The summed E-state index contributed by atoms with van der Waals surface area (Å²) in [5, 5.41) is 3.26. The highest BCUT2D eigenvalue weighted by atomic mass is 19.4. The Morgan fingerprint density at radius 1 is 1.29 bits per heavy atom. The molecule has 0 aromatic carbocycles. The van der Waals surface area contributed by atoms with Crippen LogP contribution in [0.2, 0.25) is 0 Å². The second kappa shape index (κ2) is 8.22. The molecular formula is C15H23F3N2O. The van der Waals surface area contributed by atoms with E-state index in [1.165, 1.54) is 0 Å². The first kappa shape index (κ1) is 17.8. The van der Waals surface area contributed by atoms with Crippen molar-refractivity contribution in [1.82, 2.24) is 10.3 Å². The average molecular weight is 304 g/mol. The van der Waals surface area contributed by atoms with Crippen LogP contribution in [0.1, 0.15) is 38.1 Å². The van der Waals surface area contributed by atoms with E-state index in [0.717, 1.165) is 17.9 Å². The summed E-state index contributed by atoms with van der Waals surface area (Å²) in [5.74, 6) is 1.07. The van der Waals surface area contributed by atoms with E-state index < -0.39 is 12.6 Å². The van der Waals surface area contributed by atoms with Gasteiger partial charge in [0, 0.05) is 18.7 Å². The number of nitrogens with one attached hydrogen (secondary N) is 1. The van der Waals surface area contributed by atoms with Crippen LogP contribution in [0.5, 0.6) is 5.75 Å². The normalized spacial score (nSPS) is 12.0. The molecule has 0 radical (unpaired) electrons. The topological polar surface area (TPSA) is 34.1 Å². The molecule has 1 heterocycles. The van der Waals surface area contributed by atoms with Crippen LogP contribution in [-0.2, 0) is 6.54 Å². The Hall–Kier alpha value is -1.30. The van der Waals surface area contributed by atoms with E-state index in [1.54, 1.807) is 12.1 Å². The van der Waals surface area contributed by atoms with E-state index in [9.17, 15) is 13.2 Å². The summed E-state index contributed by atoms with van der Waals surface area (Å²) in [7, 11) is 0. The highest BCUT2D eigenvalue weighted by molar-refractivity contribution is 5.29. The molecule has 1 rings (SSSR count). The van der Waals surface area contributed by atoms with E-state index in [1.807, 2.05) is 6.92 Å². The molecule has 120 valence electrons. The Morgan fingerprint density at radius 2 is 2.00 bits per heavy atom. The zero-order valence-corrected chi connectivity index (χ0v) is 12.8. The van der Waals surface area contributed by atoms with Gasteiger partial charge in [-0.2, -0.15) is 13.2 Å². The molecule has 0 unspecified atom stereocenters. The summed E-state index contributed by atoms with van der Waals surface area (Å²) in [6.07, 6.45) is -5.00. The van der Waals surface area contributed by atoms with Crippen molar-refractivity contribution in [2.45, 2.75) is 46.3 Å². The lowest BCUT2D eigenvalue weighted by Crippen LogP contribution is -2.20. The van der Waals surface area contributed by atoms with Crippen molar-refractivity contribution in [3.8, 4) is 5.75 Å². The van der Waals surface area contributed by atoms with Crippen molar-refractivity contribution >= 4 is 0 Å². The van der Waals surface area contributed by atoms with E-state index >= 15 is 0 Å². The third kappa shape index (κ3) is 7.90. The van der Waals surface area contributed by atoms with E-state index in [-0.39, 0.29) is 13.0 Å². The smallest absolute Gasteiger partial charge is 0.389 e. The van der Waals surface area contributed by atoms with E-state index in [2.05, 4.69) is 24.1 Å². The molecule has 3 nitrogen and oxygen atoms in total. The van der Waals surface area contributed by atoms with E-state index in [4.69, 9.17) is 4.74 Å². The molecule has 1 aromatic heterocycles. The number of alkyl halides is 3. The minimum atomic E-state index is -4.13. The summed E-state index contributed by atoms with van der Waals surface area (Å²) >= 11 is 0.